The van der Waals surface area contributed by atoms with Crippen LogP contribution in [-0.2, 0) is 0 Å². The minimum Gasteiger partial charge on any atom is -0.301 e. The van der Waals surface area contributed by atoms with Crippen LogP contribution in [0.2, 0.25) is 0 Å². The number of hydrogen-bond acceptors (Lipinski definition) is 6. The first-order chi connectivity index (χ1) is 37.6. The summed E-state index contributed by atoms with van der Waals surface area (Å²) in [7, 11) is 0. The van der Waals surface area contributed by atoms with E-state index in [9.17, 15) is 0 Å². The molecule has 468 valence electrons. The van der Waals surface area contributed by atoms with Crippen LogP contribution < -0.4 is 0 Å². The van der Waals surface area contributed by atoms with Crippen molar-refractivity contribution < 1.29 is 0 Å². The molecule has 0 amide bonds. The van der Waals surface area contributed by atoms with Gasteiger partial charge in [-0.05, 0) is 304 Å². The number of hydrogen-bond donors (Lipinski definition) is 0. The molecule has 0 N–H and O–H groups in total. The summed E-state index contributed by atoms with van der Waals surface area (Å²) in [6.45, 7) is 70.4. The third kappa shape index (κ3) is 15.5. The maximum absolute atomic E-state index is 2.71. The van der Waals surface area contributed by atoms with Crippen molar-refractivity contribution in [1.82, 2.24) is 29.4 Å². The highest BCUT2D eigenvalue weighted by Crippen LogP contribution is 2.54. The van der Waals surface area contributed by atoms with E-state index in [0.717, 1.165) is 179 Å². The zero-order chi connectivity index (χ0) is 58.9. The Bertz CT molecular complexity index is 1620. The van der Waals surface area contributed by atoms with Gasteiger partial charge in [-0.25, -0.2) is 0 Å². The third-order valence-corrected chi connectivity index (χ3v) is 26.0. The zero-order valence-corrected chi connectivity index (χ0v) is 58.1. The number of nitrogens with zero attached hydrogens (tertiary/aromatic N) is 6. The van der Waals surface area contributed by atoms with E-state index in [1.165, 1.54) is 130 Å². The highest BCUT2D eigenvalue weighted by Gasteiger charge is 2.52. The van der Waals surface area contributed by atoms with E-state index in [1.807, 2.05) is 0 Å². The van der Waals surface area contributed by atoms with Gasteiger partial charge in [-0.3, -0.25) is 9.80 Å². The van der Waals surface area contributed by atoms with Crippen LogP contribution in [0, 0.1) is 130 Å². The van der Waals surface area contributed by atoms with E-state index < -0.39 is 0 Å². The first-order valence-electron chi connectivity index (χ1n) is 36.1. The largest absolute Gasteiger partial charge is 0.301 e. The Labute approximate surface area is 501 Å². The van der Waals surface area contributed by atoms with Crippen molar-refractivity contribution >= 4 is 0 Å². The predicted molar refractivity (Wildman–Crippen MR) is 349 cm³/mol. The molecule has 0 spiro atoms. The number of fused-ring (bicyclic) bond motifs is 6. The van der Waals surface area contributed by atoms with Crippen molar-refractivity contribution in [3.63, 3.8) is 0 Å². The first-order valence-corrected chi connectivity index (χ1v) is 36.1. The minimum atomic E-state index is 0.758. The summed E-state index contributed by atoms with van der Waals surface area (Å²) in [5.74, 6) is 22.2. The smallest absolute Gasteiger partial charge is 0.0132 e. The molecule has 80 heavy (non-hydrogen) atoms. The van der Waals surface area contributed by atoms with Crippen LogP contribution in [0.1, 0.15) is 230 Å². The predicted octanol–water partition coefficient (Wildman–Crippen LogP) is 16.8. The van der Waals surface area contributed by atoms with E-state index >= 15 is 0 Å². The van der Waals surface area contributed by atoms with Gasteiger partial charge in [0.15, 0.2) is 0 Å². The molecule has 0 aromatic carbocycles. The van der Waals surface area contributed by atoms with Gasteiger partial charge in [0.25, 0.3) is 0 Å². The van der Waals surface area contributed by atoms with Crippen molar-refractivity contribution in [2.24, 2.45) is 130 Å². The Morgan fingerprint density at radius 3 is 0.713 bits per heavy atom. The Morgan fingerprint density at radius 2 is 0.463 bits per heavy atom. The molecule has 12 rings (SSSR count). The number of likely N-dealkylation sites (tertiary alicyclic amines) is 6. The van der Waals surface area contributed by atoms with Crippen molar-refractivity contribution in [1.29, 1.82) is 0 Å². The molecule has 6 aliphatic carbocycles. The van der Waals surface area contributed by atoms with E-state index in [1.54, 1.807) is 0 Å². The molecule has 6 saturated carbocycles. The summed E-state index contributed by atoms with van der Waals surface area (Å²) in [6.07, 6.45) is 14.8. The fourth-order valence-electron chi connectivity index (χ4n) is 20.0. The van der Waals surface area contributed by atoms with Gasteiger partial charge in [-0.2, -0.15) is 0 Å². The normalized spacial score (nSPS) is 39.3. The van der Waals surface area contributed by atoms with Crippen molar-refractivity contribution in [3.05, 3.63) is 0 Å². The van der Waals surface area contributed by atoms with Crippen LogP contribution in [-0.4, -0.2) is 143 Å². The van der Waals surface area contributed by atoms with Crippen LogP contribution in [0.5, 0.6) is 0 Å². The summed E-state index contributed by atoms with van der Waals surface area (Å²) < 4.78 is 0. The molecule has 6 aliphatic heterocycles. The summed E-state index contributed by atoms with van der Waals surface area (Å²) in [4.78, 5) is 16.1. The van der Waals surface area contributed by atoms with Gasteiger partial charge in [0, 0.05) is 87.6 Å². The Hall–Kier alpha value is -0.240. The average molecular weight is 1120 g/mol. The molecule has 6 heteroatoms. The van der Waals surface area contributed by atoms with E-state index in [2.05, 4.69) is 196 Å². The lowest BCUT2D eigenvalue weighted by molar-refractivity contribution is -0.0426. The lowest BCUT2D eigenvalue weighted by atomic mass is 9.58. The fourth-order valence-corrected chi connectivity index (χ4v) is 20.0. The standard InChI is InChI=1S/2C13H25N.4C12H23N/c2*1-9(2)13-7-11-8-14(10(3)4)6-5-12(11)13;2*1-8(2)11-5-10-6-13(9(3)4)7-12(10)11;2*1-8(2)11-7-12-10(11)5-6-13(12)9(3)4/h2*9-13H,5-8H2,1-4H3;4*8-12H,5-7H2,1-4H3. The molecule has 0 aromatic heterocycles. The fraction of sp³-hybridized carbons (Fsp3) is 1.00. The first kappa shape index (κ1) is 67.3. The second kappa shape index (κ2) is 29.2. The lowest BCUT2D eigenvalue weighted by Crippen LogP contribution is -2.53. The van der Waals surface area contributed by atoms with Gasteiger partial charge in [0.1, 0.15) is 0 Å². The molecular weight excluding hydrogens is 973 g/mol. The second-order valence-corrected chi connectivity index (χ2v) is 34.1. The van der Waals surface area contributed by atoms with Crippen LogP contribution in [0.3, 0.4) is 0 Å². The SMILES string of the molecule is CC(C)C1CC2C1CCN2C(C)C.CC(C)C1CC2C1CCN2C(C)C.CC(C)C1CC2CN(C(C)C)CC21.CC(C)C1CC2CN(C(C)C)CC21.CC(C)C1CC2CN(C(C)C)CCC21.CC(C)C1CC2CN(C(C)C)CCC21. The second-order valence-electron chi connectivity index (χ2n) is 34.1. The number of rotatable bonds is 12. The Balaban J connectivity index is 0.000000139. The summed E-state index contributed by atoms with van der Waals surface area (Å²) in [5, 5.41) is 0. The lowest BCUT2D eigenvalue weighted by Gasteiger charge is -2.53. The minimum absolute atomic E-state index is 0.758. The quantitative estimate of drug-likeness (QED) is 0.193. The van der Waals surface area contributed by atoms with Crippen LogP contribution >= 0.6 is 0 Å². The molecule has 6 saturated heterocycles. The Kier molecular flexibility index (Phi) is 24.5. The molecule has 12 fully saturated rings. The van der Waals surface area contributed by atoms with Gasteiger partial charge in [-0.1, -0.05) is 83.1 Å². The summed E-state index contributed by atoms with van der Waals surface area (Å²) in [6, 6.07) is 6.48. The van der Waals surface area contributed by atoms with Gasteiger partial charge < -0.3 is 19.6 Å². The van der Waals surface area contributed by atoms with Crippen LogP contribution in [0.25, 0.3) is 0 Å². The topological polar surface area (TPSA) is 19.4 Å². The molecule has 6 heterocycles. The summed E-state index contributed by atoms with van der Waals surface area (Å²) in [5.41, 5.74) is 0. The molecule has 0 bridgehead atoms. The molecular formula is C74H142N6. The molecule has 0 aromatic rings. The zero-order valence-electron chi connectivity index (χ0n) is 58.1. The molecule has 0 radical (unpaired) electrons. The van der Waals surface area contributed by atoms with Gasteiger partial charge in [0.05, 0.1) is 0 Å². The average Bonchev–Trinajstić information content (AvgIpc) is 4.04. The summed E-state index contributed by atoms with van der Waals surface area (Å²) >= 11 is 0. The highest BCUT2D eigenvalue weighted by molar-refractivity contribution is 5.05. The molecule has 18 atom stereocenters. The highest BCUT2D eigenvalue weighted by atomic mass is 15.2. The van der Waals surface area contributed by atoms with Gasteiger partial charge in [-0.15, -0.1) is 0 Å². The van der Waals surface area contributed by atoms with Gasteiger partial charge in [0.2, 0.25) is 0 Å². The monoisotopic (exact) mass is 1120 g/mol. The van der Waals surface area contributed by atoms with Crippen LogP contribution in [0.15, 0.2) is 0 Å². The molecule has 6 nitrogen and oxygen atoms in total. The maximum atomic E-state index is 2.71. The Morgan fingerprint density at radius 1 is 0.225 bits per heavy atom. The van der Waals surface area contributed by atoms with Crippen molar-refractivity contribution in [3.8, 4) is 0 Å². The van der Waals surface area contributed by atoms with Gasteiger partial charge >= 0.3 is 0 Å². The number of piperidine rings is 2. The third-order valence-electron chi connectivity index (χ3n) is 26.0. The van der Waals surface area contributed by atoms with Crippen LogP contribution in [0.4, 0.5) is 0 Å². The van der Waals surface area contributed by atoms with Crippen molar-refractivity contribution in [2.45, 2.75) is 279 Å². The van der Waals surface area contributed by atoms with E-state index in [0.29, 0.717) is 0 Å². The van der Waals surface area contributed by atoms with E-state index in [4.69, 9.17) is 0 Å². The van der Waals surface area contributed by atoms with Crippen molar-refractivity contribution in [2.75, 3.05) is 65.4 Å². The van der Waals surface area contributed by atoms with E-state index in [-0.39, 0.29) is 0 Å². The maximum Gasteiger partial charge on any atom is 0.0132 e. The molecule has 12 aliphatic rings. The molecule has 18 unspecified atom stereocenters.